The summed E-state index contributed by atoms with van der Waals surface area (Å²) >= 11 is 0. The van der Waals surface area contributed by atoms with Gasteiger partial charge in [-0.3, -0.25) is 0 Å². The van der Waals surface area contributed by atoms with Crippen molar-refractivity contribution in [1.82, 2.24) is 0 Å². The number of carboxylic acid groups (broad SMARTS) is 1. The molecule has 0 aliphatic rings. The molecule has 0 radical (unpaired) electrons. The molecule has 15 heavy (non-hydrogen) atoms. The van der Waals surface area contributed by atoms with E-state index in [0.29, 0.717) is 6.61 Å². The second kappa shape index (κ2) is 7.62. The first-order valence-corrected chi connectivity index (χ1v) is 5.28. The molecule has 0 heterocycles. The average molecular weight is 220 g/mol. The highest BCUT2D eigenvalue weighted by Crippen LogP contribution is 2.16. The van der Waals surface area contributed by atoms with E-state index in [1.165, 1.54) is 0 Å². The van der Waals surface area contributed by atoms with Gasteiger partial charge in [0, 0.05) is 0 Å². The molecule has 0 aliphatic carbocycles. The number of carbonyl (C=O) groups is 1. The maximum Gasteiger partial charge on any atom is 0.395 e. The van der Waals surface area contributed by atoms with E-state index in [-0.39, 0.29) is 13.2 Å². The standard InChI is InChI=1S/C10H20O5/c1-4-7-8-15-10(9(11)12,13-5-2)14-6-3/h4-8H2,1-3H3,(H,11,12). The number of ether oxygens (including phenoxy) is 3. The van der Waals surface area contributed by atoms with Crippen LogP contribution in [0.25, 0.3) is 0 Å². The highest BCUT2D eigenvalue weighted by atomic mass is 16.9. The van der Waals surface area contributed by atoms with Crippen molar-refractivity contribution in [2.24, 2.45) is 0 Å². The van der Waals surface area contributed by atoms with Gasteiger partial charge in [0.15, 0.2) is 0 Å². The van der Waals surface area contributed by atoms with Crippen LogP contribution in [0.1, 0.15) is 33.6 Å². The lowest BCUT2D eigenvalue weighted by Gasteiger charge is -2.27. The Bertz CT molecular complexity index is 175. The molecule has 5 heteroatoms. The van der Waals surface area contributed by atoms with E-state index in [0.717, 1.165) is 12.8 Å². The third-order valence-electron chi connectivity index (χ3n) is 1.72. The zero-order valence-electron chi connectivity index (χ0n) is 9.62. The number of hydrogen-bond donors (Lipinski definition) is 1. The van der Waals surface area contributed by atoms with Crippen molar-refractivity contribution in [3.05, 3.63) is 0 Å². The lowest BCUT2D eigenvalue weighted by atomic mass is 10.4. The Kier molecular flexibility index (Phi) is 7.29. The van der Waals surface area contributed by atoms with Crippen molar-refractivity contribution < 1.29 is 24.1 Å². The Labute approximate surface area is 90.3 Å². The van der Waals surface area contributed by atoms with E-state index >= 15 is 0 Å². The van der Waals surface area contributed by atoms with Crippen molar-refractivity contribution in [3.8, 4) is 0 Å². The minimum Gasteiger partial charge on any atom is -0.475 e. The van der Waals surface area contributed by atoms with Crippen LogP contribution in [0, 0.1) is 0 Å². The molecule has 0 aliphatic heterocycles. The summed E-state index contributed by atoms with van der Waals surface area (Å²) in [6, 6.07) is 0. The average Bonchev–Trinajstić information content (AvgIpc) is 2.18. The summed E-state index contributed by atoms with van der Waals surface area (Å²) in [5.41, 5.74) is 0. The van der Waals surface area contributed by atoms with Gasteiger partial charge in [0.2, 0.25) is 0 Å². The summed E-state index contributed by atoms with van der Waals surface area (Å²) < 4.78 is 15.2. The van der Waals surface area contributed by atoms with Gasteiger partial charge in [-0.15, -0.1) is 0 Å². The first-order valence-electron chi connectivity index (χ1n) is 5.28. The smallest absolute Gasteiger partial charge is 0.395 e. The van der Waals surface area contributed by atoms with Gasteiger partial charge in [0.25, 0.3) is 0 Å². The molecular weight excluding hydrogens is 200 g/mol. The number of rotatable bonds is 9. The first kappa shape index (κ1) is 14.3. The molecule has 5 nitrogen and oxygen atoms in total. The van der Waals surface area contributed by atoms with Crippen LogP contribution in [-0.4, -0.2) is 36.9 Å². The summed E-state index contributed by atoms with van der Waals surface area (Å²) in [4.78, 5) is 11.0. The lowest BCUT2D eigenvalue weighted by molar-refractivity contribution is -0.360. The van der Waals surface area contributed by atoms with Crippen molar-refractivity contribution >= 4 is 5.97 Å². The van der Waals surface area contributed by atoms with E-state index in [4.69, 9.17) is 19.3 Å². The number of aliphatic carboxylic acids is 1. The SMILES string of the molecule is CCCCOC(OCC)(OCC)C(=O)O. The normalized spacial score (nSPS) is 11.7. The number of carboxylic acids is 1. The third kappa shape index (κ3) is 4.59. The Morgan fingerprint density at radius 1 is 1.13 bits per heavy atom. The van der Waals surface area contributed by atoms with E-state index in [1.807, 2.05) is 6.92 Å². The Morgan fingerprint density at radius 2 is 1.67 bits per heavy atom. The van der Waals surface area contributed by atoms with Crippen LogP contribution in [0.3, 0.4) is 0 Å². The van der Waals surface area contributed by atoms with Gasteiger partial charge in [0.1, 0.15) is 0 Å². The molecule has 90 valence electrons. The fourth-order valence-electron chi connectivity index (χ4n) is 1.04. The predicted octanol–water partition coefficient (Wildman–Crippen LogP) is 1.61. The van der Waals surface area contributed by atoms with Gasteiger partial charge in [-0.1, -0.05) is 13.3 Å². The van der Waals surface area contributed by atoms with Crippen molar-refractivity contribution in [3.63, 3.8) is 0 Å². The fraction of sp³-hybridized carbons (Fsp3) is 0.900. The molecule has 0 aromatic carbocycles. The largest absolute Gasteiger partial charge is 0.475 e. The monoisotopic (exact) mass is 220 g/mol. The van der Waals surface area contributed by atoms with Crippen LogP contribution in [0.5, 0.6) is 0 Å². The van der Waals surface area contributed by atoms with Crippen LogP contribution < -0.4 is 0 Å². The molecule has 0 aromatic heterocycles. The van der Waals surface area contributed by atoms with Crippen LogP contribution >= 0.6 is 0 Å². The summed E-state index contributed by atoms with van der Waals surface area (Å²) in [6.45, 7) is 6.13. The molecule has 1 N–H and O–H groups in total. The highest BCUT2D eigenvalue weighted by molar-refractivity contribution is 5.73. The van der Waals surface area contributed by atoms with Crippen LogP contribution in [0.15, 0.2) is 0 Å². The Morgan fingerprint density at radius 3 is 2.00 bits per heavy atom. The van der Waals surface area contributed by atoms with Crippen LogP contribution in [0.2, 0.25) is 0 Å². The van der Waals surface area contributed by atoms with E-state index in [9.17, 15) is 4.79 Å². The molecule has 0 spiro atoms. The minimum absolute atomic E-state index is 0.221. The van der Waals surface area contributed by atoms with Crippen LogP contribution in [0.4, 0.5) is 0 Å². The Hall–Kier alpha value is -0.650. The van der Waals surface area contributed by atoms with Gasteiger partial charge in [-0.2, -0.15) is 0 Å². The zero-order chi connectivity index (χ0) is 11.7. The van der Waals surface area contributed by atoms with Crippen molar-refractivity contribution in [2.75, 3.05) is 19.8 Å². The summed E-state index contributed by atoms with van der Waals surface area (Å²) in [7, 11) is 0. The summed E-state index contributed by atoms with van der Waals surface area (Å²) in [5.74, 6) is -3.18. The van der Waals surface area contributed by atoms with Gasteiger partial charge >= 0.3 is 11.9 Å². The second-order valence-corrected chi connectivity index (χ2v) is 2.93. The summed E-state index contributed by atoms with van der Waals surface area (Å²) in [5, 5.41) is 9.01. The molecule has 0 bridgehead atoms. The molecule has 0 saturated carbocycles. The van der Waals surface area contributed by atoms with E-state index in [1.54, 1.807) is 13.8 Å². The van der Waals surface area contributed by atoms with Gasteiger partial charge in [-0.25, -0.2) is 4.79 Å². The molecule has 0 aromatic rings. The highest BCUT2D eigenvalue weighted by Gasteiger charge is 2.42. The minimum atomic E-state index is -1.93. The van der Waals surface area contributed by atoms with Gasteiger partial charge < -0.3 is 19.3 Å². The van der Waals surface area contributed by atoms with Crippen molar-refractivity contribution in [2.45, 2.75) is 39.6 Å². The third-order valence-corrected chi connectivity index (χ3v) is 1.72. The van der Waals surface area contributed by atoms with E-state index < -0.39 is 11.9 Å². The lowest BCUT2D eigenvalue weighted by Crippen LogP contribution is -2.47. The summed E-state index contributed by atoms with van der Waals surface area (Å²) in [6.07, 6.45) is 1.70. The van der Waals surface area contributed by atoms with Crippen molar-refractivity contribution in [1.29, 1.82) is 0 Å². The predicted molar refractivity (Wildman–Crippen MR) is 54.5 cm³/mol. The van der Waals surface area contributed by atoms with E-state index in [2.05, 4.69) is 0 Å². The fourth-order valence-corrected chi connectivity index (χ4v) is 1.04. The van der Waals surface area contributed by atoms with Crippen LogP contribution in [-0.2, 0) is 19.0 Å². The molecule has 0 rings (SSSR count). The Balaban J connectivity index is 4.40. The molecule has 0 saturated heterocycles. The second-order valence-electron chi connectivity index (χ2n) is 2.93. The number of hydrogen-bond acceptors (Lipinski definition) is 4. The zero-order valence-corrected chi connectivity index (χ0v) is 9.62. The number of unbranched alkanes of at least 4 members (excludes halogenated alkanes) is 1. The van der Waals surface area contributed by atoms with Gasteiger partial charge in [0.05, 0.1) is 19.8 Å². The maximum atomic E-state index is 11.0. The molecule has 0 amide bonds. The molecular formula is C10H20O5. The molecule has 0 unspecified atom stereocenters. The molecule has 0 atom stereocenters. The quantitative estimate of drug-likeness (QED) is 0.472. The first-order chi connectivity index (χ1) is 7.13. The topological polar surface area (TPSA) is 65.0 Å². The maximum absolute atomic E-state index is 11.0. The van der Waals surface area contributed by atoms with Gasteiger partial charge in [-0.05, 0) is 20.3 Å². The molecule has 0 fully saturated rings.